The summed E-state index contributed by atoms with van der Waals surface area (Å²) in [6.07, 6.45) is 11.7. The molecule has 3 fully saturated rings. The van der Waals surface area contributed by atoms with Gasteiger partial charge in [0.05, 0.1) is 4.90 Å². The van der Waals surface area contributed by atoms with Gasteiger partial charge in [0.2, 0.25) is 10.0 Å². The molecular formula is C25H33BrN2O3S. The minimum atomic E-state index is -3.74. The van der Waals surface area contributed by atoms with Gasteiger partial charge < -0.3 is 5.32 Å². The molecule has 1 aromatic carbocycles. The van der Waals surface area contributed by atoms with Gasteiger partial charge in [-0.2, -0.15) is 4.31 Å². The highest BCUT2D eigenvalue weighted by Crippen LogP contribution is 2.60. The van der Waals surface area contributed by atoms with Crippen LogP contribution in [0.2, 0.25) is 0 Å². The minimum Gasteiger partial charge on any atom is -0.352 e. The van der Waals surface area contributed by atoms with Gasteiger partial charge in [0.1, 0.15) is 0 Å². The molecule has 0 saturated heterocycles. The second-order valence-electron chi connectivity index (χ2n) is 10.2. The lowest BCUT2D eigenvalue weighted by molar-refractivity contribution is -0.0887. The molecule has 2 bridgehead atoms. The lowest BCUT2D eigenvalue weighted by atomic mass is 9.47. The van der Waals surface area contributed by atoms with Crippen molar-refractivity contribution in [2.75, 3.05) is 20.1 Å². The number of fused-ring (bicyclic) bond motifs is 2. The number of hydrogen-bond acceptors (Lipinski definition) is 3. The highest BCUT2D eigenvalue weighted by Gasteiger charge is 2.52. The zero-order valence-electron chi connectivity index (χ0n) is 19.1. The molecule has 5 nitrogen and oxygen atoms in total. The number of carbonyl (C=O) groups excluding carboxylic acids is 1. The number of carbonyl (C=O) groups is 1. The topological polar surface area (TPSA) is 66.5 Å². The van der Waals surface area contributed by atoms with E-state index in [2.05, 4.69) is 47.2 Å². The minimum absolute atomic E-state index is 0.119. The van der Waals surface area contributed by atoms with Crippen molar-refractivity contribution in [3.8, 4) is 0 Å². The predicted molar refractivity (Wildman–Crippen MR) is 131 cm³/mol. The van der Waals surface area contributed by atoms with E-state index in [0.717, 1.165) is 30.3 Å². The van der Waals surface area contributed by atoms with Gasteiger partial charge >= 0.3 is 0 Å². The number of benzene rings is 1. The van der Waals surface area contributed by atoms with Crippen LogP contribution >= 0.6 is 15.9 Å². The van der Waals surface area contributed by atoms with Gasteiger partial charge in [0.25, 0.3) is 5.91 Å². The van der Waals surface area contributed by atoms with Crippen LogP contribution in [-0.4, -0.2) is 38.8 Å². The van der Waals surface area contributed by atoms with Crippen molar-refractivity contribution in [2.45, 2.75) is 50.8 Å². The summed E-state index contributed by atoms with van der Waals surface area (Å²) in [6.45, 7) is 5.69. The zero-order valence-corrected chi connectivity index (χ0v) is 21.5. The van der Waals surface area contributed by atoms with Crippen molar-refractivity contribution >= 4 is 31.9 Å². The highest BCUT2D eigenvalue weighted by molar-refractivity contribution is 9.10. The van der Waals surface area contributed by atoms with E-state index in [1.807, 2.05) is 6.08 Å². The molecule has 0 spiro atoms. The molecule has 1 N–H and O–H groups in total. The number of rotatable bonds is 7. The summed E-state index contributed by atoms with van der Waals surface area (Å²) in [5.41, 5.74) is 1.81. The van der Waals surface area contributed by atoms with E-state index >= 15 is 0 Å². The molecule has 0 aliphatic heterocycles. The molecule has 3 atom stereocenters. The summed E-state index contributed by atoms with van der Waals surface area (Å²) in [7, 11) is -2.17. The van der Waals surface area contributed by atoms with Gasteiger partial charge in [-0.25, -0.2) is 8.42 Å². The van der Waals surface area contributed by atoms with Crippen LogP contribution in [0.25, 0.3) is 0 Å². The summed E-state index contributed by atoms with van der Waals surface area (Å²) in [5, 5.41) is 3.05. The number of hydrogen-bond donors (Lipinski definition) is 1. The Balaban J connectivity index is 1.42. The second kappa shape index (κ2) is 9.07. The zero-order chi connectivity index (χ0) is 23.1. The largest absolute Gasteiger partial charge is 0.352 e. The first-order chi connectivity index (χ1) is 15.1. The molecule has 7 heteroatoms. The van der Waals surface area contributed by atoms with Gasteiger partial charge in [-0.15, -0.1) is 0 Å². The number of nitrogens with one attached hydrogen (secondary N) is 1. The van der Waals surface area contributed by atoms with E-state index in [4.69, 9.17) is 0 Å². The molecule has 1 aromatic rings. The molecule has 32 heavy (non-hydrogen) atoms. The number of sulfonamides is 1. The van der Waals surface area contributed by atoms with Crippen molar-refractivity contribution in [3.63, 3.8) is 0 Å². The van der Waals surface area contributed by atoms with Crippen molar-refractivity contribution in [2.24, 2.45) is 23.2 Å². The molecule has 174 valence electrons. The molecule has 0 heterocycles. The van der Waals surface area contributed by atoms with Crippen molar-refractivity contribution in [1.29, 1.82) is 0 Å². The predicted octanol–water partition coefficient (Wildman–Crippen LogP) is 5.15. The van der Waals surface area contributed by atoms with Crippen molar-refractivity contribution < 1.29 is 13.2 Å². The SMILES string of the molecule is CN(CC1=CCCC=C1)S(=O)(=O)c1cc(C(=O)NCC2CC3C[C@H](C2)C3(C)C)ccc1Br. The summed E-state index contributed by atoms with van der Waals surface area (Å²) in [4.78, 5) is 13.0. The molecule has 3 saturated carbocycles. The third-order valence-corrected chi connectivity index (χ3v) is 10.6. The summed E-state index contributed by atoms with van der Waals surface area (Å²) >= 11 is 3.37. The van der Waals surface area contributed by atoms with Gasteiger partial charge in [-0.3, -0.25) is 4.79 Å². The first-order valence-corrected chi connectivity index (χ1v) is 13.7. The summed E-state index contributed by atoms with van der Waals surface area (Å²) < 4.78 is 28.2. The van der Waals surface area contributed by atoms with Gasteiger partial charge in [-0.05, 0) is 95.0 Å². The maximum atomic E-state index is 13.2. The van der Waals surface area contributed by atoms with E-state index < -0.39 is 10.0 Å². The number of halogens is 1. The Morgan fingerprint density at radius 3 is 2.53 bits per heavy atom. The van der Waals surface area contributed by atoms with Crippen LogP contribution in [0.3, 0.4) is 0 Å². The fourth-order valence-corrected chi connectivity index (χ4v) is 7.57. The van der Waals surface area contributed by atoms with E-state index in [1.54, 1.807) is 19.2 Å². The highest BCUT2D eigenvalue weighted by atomic mass is 79.9. The molecule has 4 aliphatic carbocycles. The van der Waals surface area contributed by atoms with E-state index in [-0.39, 0.29) is 10.8 Å². The maximum Gasteiger partial charge on any atom is 0.251 e. The Hall–Kier alpha value is -1.44. The molecule has 2 unspecified atom stereocenters. The fraction of sp³-hybridized carbons (Fsp3) is 0.560. The van der Waals surface area contributed by atoms with Crippen LogP contribution in [0, 0.1) is 23.2 Å². The van der Waals surface area contributed by atoms with Crippen LogP contribution in [0.15, 0.2) is 51.4 Å². The maximum absolute atomic E-state index is 13.2. The number of amides is 1. The molecule has 1 amide bonds. The first kappa shape index (κ1) is 23.7. The van der Waals surface area contributed by atoms with Crippen LogP contribution in [0.4, 0.5) is 0 Å². The fourth-order valence-electron chi connectivity index (χ4n) is 5.47. The van der Waals surface area contributed by atoms with E-state index in [9.17, 15) is 13.2 Å². The van der Waals surface area contributed by atoms with Gasteiger partial charge in [-0.1, -0.05) is 32.1 Å². The van der Waals surface area contributed by atoms with Crippen LogP contribution in [0.1, 0.15) is 56.3 Å². The Morgan fingerprint density at radius 2 is 1.91 bits per heavy atom. The van der Waals surface area contributed by atoms with Crippen LogP contribution < -0.4 is 5.32 Å². The summed E-state index contributed by atoms with van der Waals surface area (Å²) in [6, 6.07) is 4.80. The molecule has 5 rings (SSSR count). The third kappa shape index (κ3) is 4.62. The Bertz CT molecular complexity index is 1050. The van der Waals surface area contributed by atoms with Gasteiger partial charge in [0.15, 0.2) is 0 Å². The lowest BCUT2D eigenvalue weighted by Crippen LogP contribution is -2.52. The number of allylic oxidation sites excluding steroid dienone is 2. The number of likely N-dealkylation sites (N-methyl/N-ethyl adjacent to an activating group) is 1. The lowest BCUT2D eigenvalue weighted by Gasteiger charge is -2.59. The smallest absolute Gasteiger partial charge is 0.251 e. The molecule has 0 aromatic heterocycles. The molecule has 0 radical (unpaired) electrons. The third-order valence-electron chi connectivity index (χ3n) is 7.82. The van der Waals surface area contributed by atoms with Crippen LogP contribution in [0.5, 0.6) is 0 Å². The summed E-state index contributed by atoms with van der Waals surface area (Å²) in [5.74, 6) is 1.82. The monoisotopic (exact) mass is 520 g/mol. The average Bonchev–Trinajstić information content (AvgIpc) is 2.78. The molecular weight excluding hydrogens is 488 g/mol. The molecule has 4 aliphatic rings. The van der Waals surface area contributed by atoms with Crippen molar-refractivity contribution in [1.82, 2.24) is 9.62 Å². The average molecular weight is 522 g/mol. The normalized spacial score (nSPS) is 26.4. The second-order valence-corrected chi connectivity index (χ2v) is 13.0. The Labute approximate surface area is 200 Å². The van der Waals surface area contributed by atoms with Crippen molar-refractivity contribution in [3.05, 3.63) is 52.0 Å². The van der Waals surface area contributed by atoms with E-state index in [1.165, 1.54) is 29.6 Å². The van der Waals surface area contributed by atoms with Gasteiger partial charge in [0, 0.05) is 30.2 Å². The number of nitrogens with zero attached hydrogens (tertiary/aromatic N) is 1. The standard InChI is InChI=1S/C25H33BrN2O3S/c1-25(2)20-11-18(12-21(25)14-20)15-27-24(29)19-9-10-22(26)23(13-19)32(30,31)28(3)16-17-7-5-4-6-8-17/h5,7-10,13,18,20-21H,4,6,11-12,14-16H2,1-3H3,(H,27,29)/t18?,20-,21?/m0/s1. The first-order valence-electron chi connectivity index (χ1n) is 11.5. The van der Waals surface area contributed by atoms with E-state index in [0.29, 0.717) is 34.5 Å². The Morgan fingerprint density at radius 1 is 1.19 bits per heavy atom. The van der Waals surface area contributed by atoms with Crippen LogP contribution in [-0.2, 0) is 10.0 Å². The quantitative estimate of drug-likeness (QED) is 0.540. The Kier molecular flexibility index (Phi) is 6.72.